The second-order valence-electron chi connectivity index (χ2n) is 2.96. The molecular weight excluding hydrogens is 187 g/mol. The van der Waals surface area contributed by atoms with Crippen molar-refractivity contribution < 1.29 is 3.79 Å². The van der Waals surface area contributed by atoms with Crippen LogP contribution in [0.3, 0.4) is 0 Å². The quantitative estimate of drug-likeness (QED) is 0.684. The van der Waals surface area contributed by atoms with Crippen molar-refractivity contribution in [1.82, 2.24) is 0 Å². The molecule has 2 aromatic carbocycles. The maximum atomic E-state index is 5.68. The number of hydrogen-bond donors (Lipinski definition) is 0. The summed E-state index contributed by atoms with van der Waals surface area (Å²) in [4.78, 5) is 0. The molecule has 0 heterocycles. The molecule has 2 aromatic rings. The molecule has 0 aliphatic rings. The molecule has 2 heteroatoms. The lowest BCUT2D eigenvalue weighted by atomic mass is 10.3. The lowest BCUT2D eigenvalue weighted by molar-refractivity contribution is 0.605. The van der Waals surface area contributed by atoms with Crippen LogP contribution in [0.2, 0.25) is 0 Å². The number of para-hydroxylation sites is 1. The minimum absolute atomic E-state index is 0.114. The smallest absolute Gasteiger partial charge is 0.570 e. The second kappa shape index (κ2) is 4.86. The highest BCUT2D eigenvalue weighted by molar-refractivity contribution is 6.47. The van der Waals surface area contributed by atoms with E-state index in [0.29, 0.717) is 0 Å². The van der Waals surface area contributed by atoms with E-state index in [1.54, 1.807) is 0 Å². The fourth-order valence-electron chi connectivity index (χ4n) is 1.17. The molecular formula is C12H10AlO. The van der Waals surface area contributed by atoms with Crippen LogP contribution in [0.5, 0.6) is 5.75 Å². The standard InChI is InChI=1S/C6H6O.C6H5.Al/c7-6-4-2-1-3-5-6;1-2-4-6-5-3-1;/h1-5,7H;1-5H;/q;;+1/p-1. The zero-order chi connectivity index (χ0) is 9.64. The summed E-state index contributed by atoms with van der Waals surface area (Å²) >= 11 is -0.114. The van der Waals surface area contributed by atoms with E-state index in [9.17, 15) is 0 Å². The second-order valence-corrected chi connectivity index (χ2v) is 4.10. The first-order chi connectivity index (χ1) is 6.95. The fraction of sp³-hybridized carbons (Fsp3) is 0. The summed E-state index contributed by atoms with van der Waals surface area (Å²) in [7, 11) is 0. The highest BCUT2D eigenvalue weighted by atomic mass is 27.1. The van der Waals surface area contributed by atoms with Crippen LogP contribution in [0, 0.1) is 0 Å². The molecule has 0 amide bonds. The van der Waals surface area contributed by atoms with Crippen molar-refractivity contribution in [3.8, 4) is 5.75 Å². The molecule has 2 rings (SSSR count). The van der Waals surface area contributed by atoms with Crippen molar-refractivity contribution in [3.63, 3.8) is 0 Å². The first-order valence-corrected chi connectivity index (χ1v) is 5.60. The largest absolute Gasteiger partial charge is 0.645 e. The average Bonchev–Trinajstić information content (AvgIpc) is 2.29. The Labute approximate surface area is 90.4 Å². The van der Waals surface area contributed by atoms with E-state index in [2.05, 4.69) is 12.1 Å². The van der Waals surface area contributed by atoms with Gasteiger partial charge in [0.2, 0.25) is 0 Å². The molecule has 0 N–H and O–H groups in total. The van der Waals surface area contributed by atoms with Crippen molar-refractivity contribution in [3.05, 3.63) is 60.7 Å². The Kier molecular flexibility index (Phi) is 3.24. The predicted octanol–water partition coefficient (Wildman–Crippen LogP) is 2.01. The summed E-state index contributed by atoms with van der Waals surface area (Å²) in [6, 6.07) is 20.2. The maximum absolute atomic E-state index is 5.68. The molecule has 0 unspecified atom stereocenters. The van der Waals surface area contributed by atoms with Crippen LogP contribution in [-0.4, -0.2) is 15.6 Å². The third-order valence-electron chi connectivity index (χ3n) is 1.87. The maximum Gasteiger partial charge on any atom is 0.570 e. The van der Waals surface area contributed by atoms with Crippen LogP contribution in [0.25, 0.3) is 0 Å². The Morgan fingerprint density at radius 1 is 0.714 bits per heavy atom. The van der Waals surface area contributed by atoms with E-state index in [0.717, 1.165) is 5.75 Å². The predicted molar refractivity (Wildman–Crippen MR) is 58.9 cm³/mol. The van der Waals surface area contributed by atoms with Crippen molar-refractivity contribution >= 4 is 20.0 Å². The lowest BCUT2D eigenvalue weighted by Crippen LogP contribution is -2.19. The van der Waals surface area contributed by atoms with Crippen LogP contribution < -0.4 is 8.21 Å². The summed E-state index contributed by atoms with van der Waals surface area (Å²) in [5.41, 5.74) is 0. The Bertz CT molecular complexity index is 333. The molecule has 0 saturated carbocycles. The third kappa shape index (κ3) is 2.63. The molecule has 0 fully saturated rings. The van der Waals surface area contributed by atoms with Gasteiger partial charge >= 0.3 is 15.6 Å². The minimum Gasteiger partial charge on any atom is -0.645 e. The normalized spacial score (nSPS) is 9.43. The molecule has 0 aliphatic carbocycles. The molecule has 0 spiro atoms. The van der Waals surface area contributed by atoms with Gasteiger partial charge in [0.15, 0.2) is 0 Å². The SMILES string of the molecule is c1ccc([O][Al][c]2ccccc2)cc1. The van der Waals surface area contributed by atoms with Crippen LogP contribution in [0.4, 0.5) is 0 Å². The summed E-state index contributed by atoms with van der Waals surface area (Å²) < 4.78 is 6.95. The first-order valence-electron chi connectivity index (χ1n) is 4.55. The molecule has 0 aromatic heterocycles. The van der Waals surface area contributed by atoms with Gasteiger partial charge in [-0.2, -0.15) is 0 Å². The molecule has 0 bridgehead atoms. The van der Waals surface area contributed by atoms with Crippen molar-refractivity contribution in [1.29, 1.82) is 0 Å². The molecule has 67 valence electrons. The van der Waals surface area contributed by atoms with E-state index >= 15 is 0 Å². The average molecular weight is 197 g/mol. The molecule has 1 nitrogen and oxygen atoms in total. The van der Waals surface area contributed by atoms with E-state index in [1.165, 1.54) is 4.43 Å². The third-order valence-corrected chi connectivity index (χ3v) is 2.92. The Balaban J connectivity index is 1.96. The van der Waals surface area contributed by atoms with Gasteiger partial charge in [-0.1, -0.05) is 53.0 Å². The number of benzene rings is 2. The van der Waals surface area contributed by atoms with E-state index in [1.807, 2.05) is 48.5 Å². The Morgan fingerprint density at radius 2 is 1.29 bits per heavy atom. The van der Waals surface area contributed by atoms with Crippen LogP contribution >= 0.6 is 0 Å². The Hall–Kier alpha value is -1.23. The van der Waals surface area contributed by atoms with Gasteiger partial charge in [0.05, 0.1) is 5.75 Å². The topological polar surface area (TPSA) is 9.23 Å². The monoisotopic (exact) mass is 197 g/mol. The van der Waals surface area contributed by atoms with Gasteiger partial charge in [-0.15, -0.1) is 0 Å². The molecule has 14 heavy (non-hydrogen) atoms. The molecule has 0 aliphatic heterocycles. The van der Waals surface area contributed by atoms with Gasteiger partial charge < -0.3 is 3.79 Å². The van der Waals surface area contributed by atoms with Crippen LogP contribution in [-0.2, 0) is 0 Å². The van der Waals surface area contributed by atoms with E-state index < -0.39 is 0 Å². The van der Waals surface area contributed by atoms with E-state index in [4.69, 9.17) is 3.79 Å². The van der Waals surface area contributed by atoms with Crippen LogP contribution in [0.1, 0.15) is 0 Å². The summed E-state index contributed by atoms with van der Waals surface area (Å²) in [6.07, 6.45) is 0. The van der Waals surface area contributed by atoms with Crippen molar-refractivity contribution in [2.75, 3.05) is 0 Å². The zero-order valence-corrected chi connectivity index (χ0v) is 8.91. The van der Waals surface area contributed by atoms with Gasteiger partial charge in [0.25, 0.3) is 0 Å². The van der Waals surface area contributed by atoms with Gasteiger partial charge in [-0.3, -0.25) is 0 Å². The zero-order valence-electron chi connectivity index (χ0n) is 7.76. The van der Waals surface area contributed by atoms with Crippen molar-refractivity contribution in [2.24, 2.45) is 0 Å². The molecule has 0 saturated heterocycles. The summed E-state index contributed by atoms with van der Waals surface area (Å²) in [6.45, 7) is 0. The fourth-order valence-corrected chi connectivity index (χ4v) is 1.98. The number of rotatable bonds is 3. The molecule has 1 radical (unpaired) electrons. The lowest BCUT2D eigenvalue weighted by Gasteiger charge is -2.04. The van der Waals surface area contributed by atoms with Gasteiger partial charge in [-0.25, -0.2) is 0 Å². The highest BCUT2D eigenvalue weighted by Gasteiger charge is 2.00. The van der Waals surface area contributed by atoms with Gasteiger partial charge in [0, 0.05) is 0 Å². The van der Waals surface area contributed by atoms with Crippen molar-refractivity contribution in [2.45, 2.75) is 0 Å². The summed E-state index contributed by atoms with van der Waals surface area (Å²) in [5.74, 6) is 0.950. The van der Waals surface area contributed by atoms with Gasteiger partial charge in [0.1, 0.15) is 0 Å². The van der Waals surface area contributed by atoms with Gasteiger partial charge in [-0.05, 0) is 12.1 Å². The Morgan fingerprint density at radius 3 is 1.93 bits per heavy atom. The van der Waals surface area contributed by atoms with Crippen LogP contribution in [0.15, 0.2) is 60.7 Å². The van der Waals surface area contributed by atoms with E-state index in [-0.39, 0.29) is 15.6 Å². The molecule has 0 atom stereocenters. The first kappa shape index (κ1) is 9.33. The number of hydrogen-bond acceptors (Lipinski definition) is 1. The highest BCUT2D eigenvalue weighted by Crippen LogP contribution is 2.06. The summed E-state index contributed by atoms with van der Waals surface area (Å²) in [5, 5.41) is 0. The minimum atomic E-state index is -0.114.